The molecule has 2 N–H and O–H groups in total. The van der Waals surface area contributed by atoms with E-state index in [0.717, 1.165) is 23.3 Å². The molecule has 0 fully saturated rings. The number of rotatable bonds is 2. The lowest BCUT2D eigenvalue weighted by Crippen LogP contribution is -2.04. The Morgan fingerprint density at radius 1 is 1.29 bits per heavy atom. The Labute approximate surface area is 126 Å². The van der Waals surface area contributed by atoms with Crippen molar-refractivity contribution in [3.63, 3.8) is 0 Å². The molecule has 0 spiro atoms. The van der Waals surface area contributed by atoms with E-state index in [1.807, 2.05) is 23.6 Å². The standard InChI is InChI=1S/C15H15NO4S/c1-18-15(17)13-10(8-21-14(13)16)9-3-4-11-12(7-9)20-6-2-5-19-11/h3-4,7-8H,2,5-6,16H2,1H3. The van der Waals surface area contributed by atoms with Crippen molar-refractivity contribution in [2.45, 2.75) is 6.42 Å². The van der Waals surface area contributed by atoms with E-state index in [0.29, 0.717) is 29.5 Å². The number of benzene rings is 1. The molecule has 0 aliphatic carbocycles. The number of ether oxygens (including phenoxy) is 3. The third kappa shape index (κ3) is 2.54. The Hall–Kier alpha value is -2.21. The van der Waals surface area contributed by atoms with Crippen molar-refractivity contribution in [2.75, 3.05) is 26.1 Å². The predicted octanol–water partition coefficient (Wildman–Crippen LogP) is 2.95. The maximum absolute atomic E-state index is 11.9. The highest BCUT2D eigenvalue weighted by molar-refractivity contribution is 7.14. The SMILES string of the molecule is COC(=O)c1c(-c2ccc3c(c2)OCCCO3)csc1N. The van der Waals surface area contributed by atoms with E-state index in [9.17, 15) is 4.79 Å². The lowest BCUT2D eigenvalue weighted by molar-refractivity contribution is 0.0603. The van der Waals surface area contributed by atoms with Crippen molar-refractivity contribution in [3.8, 4) is 22.6 Å². The Balaban J connectivity index is 2.05. The minimum Gasteiger partial charge on any atom is -0.490 e. The van der Waals surface area contributed by atoms with Gasteiger partial charge in [0.15, 0.2) is 11.5 Å². The molecule has 0 unspecified atom stereocenters. The van der Waals surface area contributed by atoms with E-state index < -0.39 is 5.97 Å². The monoisotopic (exact) mass is 305 g/mol. The second-order valence-electron chi connectivity index (χ2n) is 4.59. The van der Waals surface area contributed by atoms with Gasteiger partial charge in [0.2, 0.25) is 0 Å². The van der Waals surface area contributed by atoms with Gasteiger partial charge in [0.25, 0.3) is 0 Å². The zero-order chi connectivity index (χ0) is 14.8. The molecular formula is C15H15NO4S. The van der Waals surface area contributed by atoms with Crippen LogP contribution in [0.4, 0.5) is 5.00 Å². The predicted molar refractivity (Wildman–Crippen MR) is 81.1 cm³/mol. The molecule has 0 bridgehead atoms. The molecule has 1 aliphatic rings. The maximum Gasteiger partial charge on any atom is 0.341 e. The molecule has 3 rings (SSSR count). The first-order chi connectivity index (χ1) is 10.2. The summed E-state index contributed by atoms with van der Waals surface area (Å²) in [6.45, 7) is 1.26. The molecule has 1 aliphatic heterocycles. The fourth-order valence-electron chi connectivity index (χ4n) is 2.23. The third-order valence-electron chi connectivity index (χ3n) is 3.27. The van der Waals surface area contributed by atoms with Gasteiger partial charge in [-0.15, -0.1) is 11.3 Å². The number of methoxy groups -OCH3 is 1. The summed E-state index contributed by atoms with van der Waals surface area (Å²) in [6.07, 6.45) is 0.850. The Morgan fingerprint density at radius 2 is 2.05 bits per heavy atom. The molecule has 6 heteroatoms. The number of esters is 1. The molecule has 110 valence electrons. The molecule has 5 nitrogen and oxygen atoms in total. The molecule has 2 aromatic rings. The van der Waals surface area contributed by atoms with E-state index in [1.54, 1.807) is 0 Å². The summed E-state index contributed by atoms with van der Waals surface area (Å²) in [5.41, 5.74) is 7.88. The Kier molecular flexibility index (Phi) is 3.70. The average molecular weight is 305 g/mol. The lowest BCUT2D eigenvalue weighted by atomic mass is 10.0. The number of carbonyl (C=O) groups excluding carboxylic acids is 1. The summed E-state index contributed by atoms with van der Waals surface area (Å²) in [6, 6.07) is 5.61. The van der Waals surface area contributed by atoms with E-state index >= 15 is 0 Å². The van der Waals surface area contributed by atoms with Crippen LogP contribution >= 0.6 is 11.3 Å². The number of anilines is 1. The number of nitrogens with two attached hydrogens (primary N) is 1. The minimum absolute atomic E-state index is 0.400. The first kappa shape index (κ1) is 13.8. The van der Waals surface area contributed by atoms with Crippen molar-refractivity contribution in [3.05, 3.63) is 29.1 Å². The quantitative estimate of drug-likeness (QED) is 0.864. The molecule has 0 saturated heterocycles. The van der Waals surface area contributed by atoms with Gasteiger partial charge in [0.05, 0.1) is 20.3 Å². The fraction of sp³-hybridized carbons (Fsp3) is 0.267. The van der Waals surface area contributed by atoms with E-state index in [-0.39, 0.29) is 0 Å². The smallest absolute Gasteiger partial charge is 0.341 e. The van der Waals surface area contributed by atoms with Crippen molar-refractivity contribution in [2.24, 2.45) is 0 Å². The molecule has 2 heterocycles. The highest BCUT2D eigenvalue weighted by atomic mass is 32.1. The van der Waals surface area contributed by atoms with Gasteiger partial charge in [0, 0.05) is 17.4 Å². The normalized spacial score (nSPS) is 13.6. The van der Waals surface area contributed by atoms with Gasteiger partial charge < -0.3 is 19.9 Å². The van der Waals surface area contributed by atoms with E-state index in [1.165, 1.54) is 18.4 Å². The molecular weight excluding hydrogens is 290 g/mol. The summed E-state index contributed by atoms with van der Waals surface area (Å²) in [7, 11) is 1.34. The van der Waals surface area contributed by atoms with Crippen molar-refractivity contribution < 1.29 is 19.0 Å². The van der Waals surface area contributed by atoms with Crippen LogP contribution in [0.25, 0.3) is 11.1 Å². The van der Waals surface area contributed by atoms with Gasteiger partial charge >= 0.3 is 5.97 Å². The Morgan fingerprint density at radius 3 is 2.81 bits per heavy atom. The second-order valence-corrected chi connectivity index (χ2v) is 5.50. The van der Waals surface area contributed by atoms with Crippen LogP contribution in [0.1, 0.15) is 16.8 Å². The van der Waals surface area contributed by atoms with Gasteiger partial charge in [0.1, 0.15) is 10.6 Å². The largest absolute Gasteiger partial charge is 0.490 e. The van der Waals surface area contributed by atoms with E-state index in [2.05, 4.69) is 0 Å². The summed E-state index contributed by atoms with van der Waals surface area (Å²) in [5.74, 6) is 0.973. The van der Waals surface area contributed by atoms with Gasteiger partial charge in [-0.05, 0) is 17.7 Å². The van der Waals surface area contributed by atoms with Crippen molar-refractivity contribution in [1.29, 1.82) is 0 Å². The van der Waals surface area contributed by atoms with Crippen LogP contribution in [-0.4, -0.2) is 26.3 Å². The van der Waals surface area contributed by atoms with Crippen LogP contribution in [0.5, 0.6) is 11.5 Å². The first-order valence-electron chi connectivity index (χ1n) is 6.56. The number of hydrogen-bond acceptors (Lipinski definition) is 6. The topological polar surface area (TPSA) is 70.8 Å². The van der Waals surface area contributed by atoms with Crippen LogP contribution in [0.2, 0.25) is 0 Å². The van der Waals surface area contributed by atoms with Gasteiger partial charge in [-0.3, -0.25) is 0 Å². The van der Waals surface area contributed by atoms with Gasteiger partial charge in [-0.25, -0.2) is 4.79 Å². The van der Waals surface area contributed by atoms with E-state index in [4.69, 9.17) is 19.9 Å². The minimum atomic E-state index is -0.434. The molecule has 0 saturated carbocycles. The summed E-state index contributed by atoms with van der Waals surface area (Å²) < 4.78 is 16.1. The summed E-state index contributed by atoms with van der Waals surface area (Å²) in [4.78, 5) is 11.9. The van der Waals surface area contributed by atoms with Gasteiger partial charge in [-0.2, -0.15) is 0 Å². The number of thiophene rings is 1. The number of hydrogen-bond donors (Lipinski definition) is 1. The number of fused-ring (bicyclic) bond motifs is 1. The number of carbonyl (C=O) groups is 1. The van der Waals surface area contributed by atoms with Crippen LogP contribution in [0.15, 0.2) is 23.6 Å². The Bertz CT molecular complexity index is 680. The number of nitrogen functional groups attached to an aromatic ring is 1. The molecule has 1 aromatic heterocycles. The fourth-order valence-corrected chi connectivity index (χ4v) is 3.04. The third-order valence-corrected chi connectivity index (χ3v) is 4.08. The zero-order valence-electron chi connectivity index (χ0n) is 11.5. The maximum atomic E-state index is 11.9. The molecule has 21 heavy (non-hydrogen) atoms. The highest BCUT2D eigenvalue weighted by Crippen LogP contribution is 2.39. The molecule has 0 atom stereocenters. The zero-order valence-corrected chi connectivity index (χ0v) is 12.4. The first-order valence-corrected chi connectivity index (χ1v) is 7.44. The van der Waals surface area contributed by atoms with Crippen LogP contribution < -0.4 is 15.2 Å². The highest BCUT2D eigenvalue weighted by Gasteiger charge is 2.20. The van der Waals surface area contributed by atoms with Crippen LogP contribution in [0.3, 0.4) is 0 Å². The summed E-state index contributed by atoms with van der Waals surface area (Å²) in [5, 5.41) is 2.30. The van der Waals surface area contributed by atoms with Crippen molar-refractivity contribution >= 4 is 22.3 Å². The molecule has 0 radical (unpaired) electrons. The van der Waals surface area contributed by atoms with Crippen molar-refractivity contribution in [1.82, 2.24) is 0 Å². The summed E-state index contributed by atoms with van der Waals surface area (Å²) >= 11 is 1.32. The molecule has 1 aromatic carbocycles. The molecule has 0 amide bonds. The average Bonchev–Trinajstić information content (AvgIpc) is 2.73. The van der Waals surface area contributed by atoms with Crippen LogP contribution in [-0.2, 0) is 4.74 Å². The second kappa shape index (κ2) is 5.65. The van der Waals surface area contributed by atoms with Crippen LogP contribution in [0, 0.1) is 0 Å². The van der Waals surface area contributed by atoms with Gasteiger partial charge in [-0.1, -0.05) is 6.07 Å². The lowest BCUT2D eigenvalue weighted by Gasteiger charge is -2.10.